The zero-order valence-electron chi connectivity index (χ0n) is 20.7. The van der Waals surface area contributed by atoms with Crippen molar-refractivity contribution in [2.24, 2.45) is 11.0 Å². The summed E-state index contributed by atoms with van der Waals surface area (Å²) in [6, 6.07) is 30.6. The molecular formula is C32H25N3O2S. The standard InChI is InChI=1S/C32H25N3O2S/c36-31-26(19-23-14-7-8-17-27(23)37-31)28-20-33-32(38-28)35-30(22-12-5-2-6-13-22)25-16-9-15-24(29(25)34-35)18-21-10-3-1-4-11-21/h1-8,10-14,17-20,25,30H,9,15-16H2/b24-18+/t25-,30-/m1/s1. The maximum atomic E-state index is 12.8. The molecule has 5 nitrogen and oxygen atoms in total. The minimum absolute atomic E-state index is 0.0534. The summed E-state index contributed by atoms with van der Waals surface area (Å²) in [4.78, 5) is 18.4. The largest absolute Gasteiger partial charge is 0.422 e. The Morgan fingerprint density at radius 3 is 2.55 bits per heavy atom. The van der Waals surface area contributed by atoms with E-state index < -0.39 is 0 Å². The van der Waals surface area contributed by atoms with Gasteiger partial charge in [0.25, 0.3) is 0 Å². The lowest BCUT2D eigenvalue weighted by atomic mass is 9.77. The Labute approximate surface area is 224 Å². The van der Waals surface area contributed by atoms with Crippen LogP contribution in [0.2, 0.25) is 0 Å². The van der Waals surface area contributed by atoms with Gasteiger partial charge in [0.1, 0.15) is 5.58 Å². The third-order valence-corrected chi connectivity index (χ3v) is 8.40. The molecule has 0 saturated heterocycles. The summed E-state index contributed by atoms with van der Waals surface area (Å²) < 4.78 is 5.59. The number of allylic oxidation sites excluding steroid dienone is 1. The predicted octanol–water partition coefficient (Wildman–Crippen LogP) is 7.72. The fourth-order valence-electron chi connectivity index (χ4n) is 5.62. The molecule has 1 aliphatic heterocycles. The third-order valence-electron chi connectivity index (χ3n) is 7.38. The lowest BCUT2D eigenvalue weighted by Crippen LogP contribution is -2.27. The lowest BCUT2D eigenvalue weighted by Gasteiger charge is -2.29. The van der Waals surface area contributed by atoms with Gasteiger partial charge >= 0.3 is 5.63 Å². The Balaban J connectivity index is 1.32. The van der Waals surface area contributed by atoms with Gasteiger partial charge in [-0.05, 0) is 54.2 Å². The fraction of sp³-hybridized carbons (Fsp3) is 0.156. The van der Waals surface area contributed by atoms with E-state index in [9.17, 15) is 4.79 Å². The van der Waals surface area contributed by atoms with Crippen LogP contribution in [-0.4, -0.2) is 10.7 Å². The Hall–Kier alpha value is -4.29. The van der Waals surface area contributed by atoms with Crippen LogP contribution in [0.25, 0.3) is 27.5 Å². The summed E-state index contributed by atoms with van der Waals surface area (Å²) in [6.07, 6.45) is 7.27. The summed E-state index contributed by atoms with van der Waals surface area (Å²) in [5.74, 6) is 0.277. The lowest BCUT2D eigenvalue weighted by molar-refractivity contribution is 0.487. The average molecular weight is 516 g/mol. The second kappa shape index (κ2) is 9.54. The van der Waals surface area contributed by atoms with E-state index in [0.29, 0.717) is 11.1 Å². The van der Waals surface area contributed by atoms with E-state index in [0.717, 1.165) is 40.4 Å². The Bertz CT molecular complexity index is 1740. The molecular weight excluding hydrogens is 490 g/mol. The SMILES string of the molecule is O=c1oc2ccccc2cc1-c1cnc(N2N=C3/C(=C/c4ccccc4)CCC[C@H]3[C@H]2c2ccccc2)s1. The van der Waals surface area contributed by atoms with Crippen LogP contribution in [0.15, 0.2) is 117 Å². The number of para-hydroxylation sites is 1. The molecule has 38 heavy (non-hydrogen) atoms. The molecule has 0 spiro atoms. The Morgan fingerprint density at radius 2 is 1.71 bits per heavy atom. The van der Waals surface area contributed by atoms with Crippen molar-refractivity contribution in [3.8, 4) is 10.4 Å². The molecule has 0 radical (unpaired) electrons. The van der Waals surface area contributed by atoms with E-state index in [1.54, 1.807) is 6.20 Å². The van der Waals surface area contributed by atoms with Crippen LogP contribution in [-0.2, 0) is 0 Å². The molecule has 1 saturated carbocycles. The van der Waals surface area contributed by atoms with Crippen LogP contribution in [0.3, 0.4) is 0 Å². The normalized spacial score (nSPS) is 20.1. The number of rotatable bonds is 4. The van der Waals surface area contributed by atoms with E-state index in [4.69, 9.17) is 14.5 Å². The third kappa shape index (κ3) is 4.07. The number of fused-ring (bicyclic) bond motifs is 2. The summed E-state index contributed by atoms with van der Waals surface area (Å²) >= 11 is 1.48. The van der Waals surface area contributed by atoms with Crippen LogP contribution in [0.5, 0.6) is 0 Å². The van der Waals surface area contributed by atoms with Gasteiger partial charge in [0.15, 0.2) is 0 Å². The van der Waals surface area contributed by atoms with Crippen LogP contribution in [0, 0.1) is 5.92 Å². The number of aromatic nitrogens is 1. The summed E-state index contributed by atoms with van der Waals surface area (Å²) in [7, 11) is 0. The van der Waals surface area contributed by atoms with Crippen molar-refractivity contribution >= 4 is 39.2 Å². The number of hydrazone groups is 1. The van der Waals surface area contributed by atoms with Gasteiger partial charge < -0.3 is 4.42 Å². The van der Waals surface area contributed by atoms with E-state index in [1.807, 2.05) is 42.5 Å². The molecule has 5 aromatic rings. The molecule has 0 amide bonds. The maximum Gasteiger partial charge on any atom is 0.345 e. The quantitative estimate of drug-likeness (QED) is 0.230. The first-order valence-corrected chi connectivity index (χ1v) is 13.7. The molecule has 7 rings (SSSR count). The monoisotopic (exact) mass is 515 g/mol. The number of hydrogen-bond acceptors (Lipinski definition) is 6. The molecule has 6 heteroatoms. The molecule has 3 heterocycles. The van der Waals surface area contributed by atoms with Crippen molar-refractivity contribution in [3.63, 3.8) is 0 Å². The van der Waals surface area contributed by atoms with Crippen LogP contribution in [0.1, 0.15) is 36.4 Å². The molecule has 186 valence electrons. The summed E-state index contributed by atoms with van der Waals surface area (Å²) in [5, 5.41) is 8.97. The summed E-state index contributed by atoms with van der Waals surface area (Å²) in [6.45, 7) is 0. The highest BCUT2D eigenvalue weighted by Gasteiger charge is 2.42. The molecule has 0 unspecified atom stereocenters. The van der Waals surface area contributed by atoms with Crippen LogP contribution < -0.4 is 10.6 Å². The van der Waals surface area contributed by atoms with E-state index >= 15 is 0 Å². The predicted molar refractivity (Wildman–Crippen MR) is 154 cm³/mol. The molecule has 0 bridgehead atoms. The average Bonchev–Trinajstić information content (AvgIpc) is 3.60. The number of thiazole rings is 1. The highest BCUT2D eigenvalue weighted by atomic mass is 32.1. The molecule has 3 aromatic carbocycles. The highest BCUT2D eigenvalue weighted by molar-refractivity contribution is 7.18. The molecule has 2 atom stereocenters. The van der Waals surface area contributed by atoms with Gasteiger partial charge in [-0.2, -0.15) is 5.10 Å². The molecule has 1 aliphatic carbocycles. The zero-order chi connectivity index (χ0) is 25.5. The number of anilines is 1. The summed E-state index contributed by atoms with van der Waals surface area (Å²) in [5.41, 5.74) is 5.62. The first-order chi connectivity index (χ1) is 18.7. The van der Waals surface area contributed by atoms with Crippen molar-refractivity contribution < 1.29 is 4.42 Å². The molecule has 1 fully saturated rings. The van der Waals surface area contributed by atoms with Crippen molar-refractivity contribution in [3.05, 3.63) is 124 Å². The minimum atomic E-state index is -0.354. The Morgan fingerprint density at radius 1 is 0.947 bits per heavy atom. The maximum absolute atomic E-state index is 12.8. The van der Waals surface area contributed by atoms with Gasteiger partial charge in [-0.3, -0.25) is 0 Å². The zero-order valence-corrected chi connectivity index (χ0v) is 21.5. The second-order valence-corrected chi connectivity index (χ2v) is 10.8. The molecule has 2 aliphatic rings. The van der Waals surface area contributed by atoms with E-state index in [1.165, 1.54) is 28.0 Å². The van der Waals surface area contributed by atoms with Gasteiger partial charge in [-0.1, -0.05) is 90.2 Å². The first-order valence-electron chi connectivity index (χ1n) is 12.9. The van der Waals surface area contributed by atoms with Gasteiger partial charge in [-0.25, -0.2) is 14.8 Å². The van der Waals surface area contributed by atoms with Crippen molar-refractivity contribution in [1.29, 1.82) is 0 Å². The van der Waals surface area contributed by atoms with Gasteiger partial charge in [0, 0.05) is 17.5 Å². The van der Waals surface area contributed by atoms with Crippen molar-refractivity contribution in [2.75, 3.05) is 5.01 Å². The molecule has 0 N–H and O–H groups in total. The van der Waals surface area contributed by atoms with Crippen molar-refractivity contribution in [1.82, 2.24) is 4.98 Å². The smallest absolute Gasteiger partial charge is 0.345 e. The number of benzene rings is 3. The van der Waals surface area contributed by atoms with E-state index in [-0.39, 0.29) is 17.6 Å². The van der Waals surface area contributed by atoms with Crippen molar-refractivity contribution in [2.45, 2.75) is 25.3 Å². The van der Waals surface area contributed by atoms with Gasteiger partial charge in [0.05, 0.1) is 22.2 Å². The minimum Gasteiger partial charge on any atom is -0.422 e. The van der Waals surface area contributed by atoms with Gasteiger partial charge in [0.2, 0.25) is 5.13 Å². The first kappa shape index (κ1) is 22.9. The Kier molecular flexibility index (Phi) is 5.74. The highest BCUT2D eigenvalue weighted by Crippen LogP contribution is 2.47. The number of nitrogens with zero attached hydrogens (tertiary/aromatic N) is 3. The second-order valence-electron chi connectivity index (χ2n) is 9.76. The van der Waals surface area contributed by atoms with Gasteiger partial charge in [-0.15, -0.1) is 0 Å². The molecule has 2 aromatic heterocycles. The fourth-order valence-corrected chi connectivity index (χ4v) is 6.53. The topological polar surface area (TPSA) is 58.7 Å². The number of hydrogen-bond donors (Lipinski definition) is 0. The van der Waals surface area contributed by atoms with E-state index in [2.05, 4.69) is 59.6 Å². The van der Waals surface area contributed by atoms with Crippen LogP contribution >= 0.6 is 11.3 Å². The van der Waals surface area contributed by atoms with Crippen LogP contribution in [0.4, 0.5) is 5.13 Å².